The summed E-state index contributed by atoms with van der Waals surface area (Å²) in [5.41, 5.74) is 18.3. The van der Waals surface area contributed by atoms with Gasteiger partial charge < -0.3 is 36.7 Å². The Kier molecular flexibility index (Phi) is 17.4. The summed E-state index contributed by atoms with van der Waals surface area (Å²) < 4.78 is 20.4. The van der Waals surface area contributed by atoms with E-state index in [1.807, 2.05) is 0 Å². The lowest BCUT2D eigenvalue weighted by atomic mass is 9.43. The molecule has 7 N–H and O–H groups in total. The van der Waals surface area contributed by atoms with Crippen LogP contribution in [0.4, 0.5) is 0 Å². The second-order valence-electron chi connectivity index (χ2n) is 17.1. The van der Waals surface area contributed by atoms with Gasteiger partial charge in [0.05, 0.1) is 18.3 Å². The van der Waals surface area contributed by atoms with E-state index in [4.69, 9.17) is 31.4 Å². The van der Waals surface area contributed by atoms with Crippen molar-refractivity contribution in [2.24, 2.45) is 63.5 Å². The monoisotopic (exact) mass is 677 g/mol. The minimum absolute atomic E-state index is 0.183. The summed E-state index contributed by atoms with van der Waals surface area (Å²) in [6.45, 7) is 17.0. The highest BCUT2D eigenvalue weighted by Gasteiger charge is 2.66. The quantitative estimate of drug-likeness (QED) is 0.0786. The molecule has 11 atom stereocenters. The molecule has 0 bridgehead atoms. The van der Waals surface area contributed by atoms with Crippen LogP contribution >= 0.6 is 0 Å². The van der Waals surface area contributed by atoms with Gasteiger partial charge in [-0.2, -0.15) is 0 Å². The van der Waals surface area contributed by atoms with E-state index in [-0.39, 0.29) is 5.41 Å². The molecule has 0 aromatic rings. The fourth-order valence-corrected chi connectivity index (χ4v) is 11.5. The van der Waals surface area contributed by atoms with E-state index in [0.29, 0.717) is 78.9 Å². The highest BCUT2D eigenvalue weighted by Crippen LogP contribution is 2.69. The van der Waals surface area contributed by atoms with Gasteiger partial charge in [-0.15, -0.1) is 0 Å². The molecule has 4 rings (SSSR count). The maximum atomic E-state index is 7.03. The predicted octanol–water partition coefficient (Wildman–Crippen LogP) is 7.43. The Labute approximate surface area is 296 Å². The van der Waals surface area contributed by atoms with Crippen molar-refractivity contribution in [3.8, 4) is 0 Å². The molecule has 0 saturated heterocycles. The van der Waals surface area contributed by atoms with Crippen LogP contribution in [0.15, 0.2) is 0 Å². The summed E-state index contributed by atoms with van der Waals surface area (Å²) in [5.74, 6) is 3.92. The lowest BCUT2D eigenvalue weighted by molar-refractivity contribution is -0.227. The van der Waals surface area contributed by atoms with Gasteiger partial charge in [0.2, 0.25) is 0 Å². The van der Waals surface area contributed by atoms with Gasteiger partial charge >= 0.3 is 0 Å². The molecule has 0 aromatic carbocycles. The highest BCUT2D eigenvalue weighted by atomic mass is 16.5. The molecule has 4 fully saturated rings. The maximum Gasteiger partial charge on any atom is 0.0637 e. The molecule has 4 saturated carbocycles. The lowest BCUT2D eigenvalue weighted by Gasteiger charge is -2.65. The Morgan fingerprint density at radius 2 is 1.38 bits per heavy atom. The van der Waals surface area contributed by atoms with Crippen molar-refractivity contribution in [3.63, 3.8) is 0 Å². The van der Waals surface area contributed by atoms with Gasteiger partial charge in [0, 0.05) is 25.2 Å². The molecule has 7 heteroatoms. The molecule has 0 heterocycles. The molecule has 282 valence electrons. The smallest absolute Gasteiger partial charge is 0.0637 e. The normalized spacial score (nSPS) is 36.8. The van der Waals surface area contributed by atoms with E-state index in [0.717, 1.165) is 52.0 Å². The van der Waals surface area contributed by atoms with Crippen LogP contribution in [0.5, 0.6) is 0 Å². The zero-order valence-corrected chi connectivity index (χ0v) is 32.0. The van der Waals surface area contributed by atoms with E-state index in [1.165, 1.54) is 96.4 Å². The van der Waals surface area contributed by atoms with Crippen LogP contribution in [-0.4, -0.2) is 70.9 Å². The third-order valence-corrected chi connectivity index (χ3v) is 14.2. The molecule has 0 amide bonds. The van der Waals surface area contributed by atoms with Gasteiger partial charge in [-0.3, -0.25) is 0 Å². The molecule has 48 heavy (non-hydrogen) atoms. The van der Waals surface area contributed by atoms with Gasteiger partial charge in [-0.1, -0.05) is 59.8 Å². The number of hydrogen-bond acceptors (Lipinski definition) is 7. The van der Waals surface area contributed by atoms with Crippen molar-refractivity contribution in [3.05, 3.63) is 0 Å². The predicted molar refractivity (Wildman–Crippen MR) is 201 cm³/mol. The first-order valence-corrected chi connectivity index (χ1v) is 21.0. The van der Waals surface area contributed by atoms with E-state index >= 15 is 0 Å². The van der Waals surface area contributed by atoms with Crippen LogP contribution in [0.25, 0.3) is 0 Å². The minimum Gasteiger partial charge on any atom is -0.378 e. The van der Waals surface area contributed by atoms with E-state index in [2.05, 4.69) is 33.0 Å². The van der Waals surface area contributed by atoms with Gasteiger partial charge in [0.1, 0.15) is 0 Å². The molecule has 0 spiro atoms. The molecule has 0 unspecified atom stereocenters. The van der Waals surface area contributed by atoms with Crippen molar-refractivity contribution in [2.45, 2.75) is 162 Å². The maximum absolute atomic E-state index is 7.03. The number of ether oxygens (including phenoxy) is 3. The second kappa shape index (κ2) is 20.7. The Morgan fingerprint density at radius 1 is 0.708 bits per heavy atom. The van der Waals surface area contributed by atoms with Crippen LogP contribution in [0.1, 0.15) is 143 Å². The zero-order valence-electron chi connectivity index (χ0n) is 32.0. The number of hydrogen-bond donors (Lipinski definition) is 4. The molecule has 0 aliphatic heterocycles. The van der Waals surface area contributed by atoms with Crippen LogP contribution in [0.3, 0.4) is 0 Å². The number of rotatable bonds is 24. The van der Waals surface area contributed by atoms with Crippen LogP contribution in [0.2, 0.25) is 0 Å². The van der Waals surface area contributed by atoms with E-state index < -0.39 is 0 Å². The number of nitrogens with two attached hydrogens (primary N) is 3. The van der Waals surface area contributed by atoms with Crippen molar-refractivity contribution >= 4 is 0 Å². The Hall–Kier alpha value is -0.280. The summed E-state index contributed by atoms with van der Waals surface area (Å²) in [5, 5.41) is 3.77. The summed E-state index contributed by atoms with van der Waals surface area (Å²) in [7, 11) is 0. The van der Waals surface area contributed by atoms with Crippen molar-refractivity contribution in [2.75, 3.05) is 52.5 Å². The molecular formula is C41H80N4O3. The fraction of sp³-hybridized carbons (Fsp3) is 1.00. The largest absolute Gasteiger partial charge is 0.378 e. The van der Waals surface area contributed by atoms with Crippen LogP contribution in [0, 0.1) is 46.3 Å². The first-order chi connectivity index (χ1) is 23.3. The summed E-state index contributed by atoms with van der Waals surface area (Å²) in [4.78, 5) is 0. The zero-order chi connectivity index (χ0) is 34.4. The first kappa shape index (κ1) is 40.5. The Balaban J connectivity index is 1.46. The third-order valence-electron chi connectivity index (χ3n) is 14.2. The molecule has 0 aromatic heterocycles. The summed E-state index contributed by atoms with van der Waals surface area (Å²) >= 11 is 0. The van der Waals surface area contributed by atoms with Crippen LogP contribution < -0.4 is 22.5 Å². The average molecular weight is 677 g/mol. The molecule has 4 aliphatic rings. The average Bonchev–Trinajstić information content (AvgIpc) is 3.44. The van der Waals surface area contributed by atoms with Crippen molar-refractivity contribution in [1.82, 2.24) is 5.32 Å². The summed E-state index contributed by atoms with van der Waals surface area (Å²) in [6.07, 6.45) is 23.2. The van der Waals surface area contributed by atoms with Gasteiger partial charge in [0.25, 0.3) is 0 Å². The number of nitrogens with one attached hydrogen (secondary N) is 1. The van der Waals surface area contributed by atoms with E-state index in [1.54, 1.807) is 0 Å². The van der Waals surface area contributed by atoms with Gasteiger partial charge in [0.15, 0.2) is 0 Å². The molecule has 0 radical (unpaired) electrons. The van der Waals surface area contributed by atoms with E-state index in [9.17, 15) is 0 Å². The van der Waals surface area contributed by atoms with Crippen LogP contribution in [-0.2, 0) is 14.2 Å². The molecular weight excluding hydrogens is 596 g/mol. The van der Waals surface area contributed by atoms with Gasteiger partial charge in [-0.05, 0) is 157 Å². The van der Waals surface area contributed by atoms with Crippen molar-refractivity contribution in [1.29, 1.82) is 0 Å². The Bertz CT molecular complexity index is 879. The third kappa shape index (κ3) is 9.98. The lowest BCUT2D eigenvalue weighted by Crippen LogP contribution is -2.63. The fourth-order valence-electron chi connectivity index (χ4n) is 11.5. The van der Waals surface area contributed by atoms with Crippen molar-refractivity contribution < 1.29 is 14.2 Å². The first-order valence-electron chi connectivity index (χ1n) is 21.0. The Morgan fingerprint density at radius 3 is 2.10 bits per heavy atom. The number of unbranched alkanes of at least 4 members (excludes halogenated alkanes) is 5. The summed E-state index contributed by atoms with van der Waals surface area (Å²) in [6, 6.07) is 0. The second-order valence-corrected chi connectivity index (χ2v) is 17.1. The van der Waals surface area contributed by atoms with Gasteiger partial charge in [-0.25, -0.2) is 0 Å². The topological polar surface area (TPSA) is 118 Å². The molecule has 7 nitrogen and oxygen atoms in total. The standard InChI is InChI=1S/C41H80N4O3/c1-5-6-7-8-9-10-23-45-24-11-15-31(2)34-16-17-35-39-36(30-38(41(34,35)4)48-27-14-22-44)40(3)19-18-33(46-25-12-20-42)28-32(40)29-37(39)47-26-13-21-43/h31-39,45H,5-30,42-44H2,1-4H3/t31-,32-,33-,34-,35+,36+,37-,38+,39+,40+,41-/m1/s1. The highest BCUT2D eigenvalue weighted by molar-refractivity contribution is 5.15. The SMILES string of the molecule is CCCCCCCCNCCC[C@@H](C)[C@H]1CC[C@H]2[C@@H]3[C@H](OCCCN)C[C@H]4C[C@H](OCCCN)CC[C@]4(C)[C@H]3C[C@H](OCCCN)[C@]12C. The number of fused-ring (bicyclic) bond motifs is 5. The molecule has 4 aliphatic carbocycles. The minimum atomic E-state index is 0.183.